The van der Waals surface area contributed by atoms with Crippen molar-refractivity contribution in [3.63, 3.8) is 0 Å². The van der Waals surface area contributed by atoms with Crippen molar-refractivity contribution in [3.05, 3.63) is 29.8 Å². The van der Waals surface area contributed by atoms with E-state index in [4.69, 9.17) is 0 Å². The molecular formula is C18H30N4O3. The molecule has 1 aromatic carbocycles. The molecule has 2 amide bonds. The maximum absolute atomic E-state index is 12.0. The molecule has 0 aromatic heterocycles. The minimum atomic E-state index is -0.808. The van der Waals surface area contributed by atoms with Gasteiger partial charge in [0.15, 0.2) is 0 Å². The highest BCUT2D eigenvalue weighted by Gasteiger charge is 2.29. The fourth-order valence-electron chi connectivity index (χ4n) is 2.89. The van der Waals surface area contributed by atoms with E-state index in [1.165, 1.54) is 12.1 Å². The molecule has 7 heteroatoms. The average Bonchev–Trinajstić information content (AvgIpc) is 2.59. The minimum Gasteiger partial charge on any atom is -0.508 e. The number of urea groups is 1. The van der Waals surface area contributed by atoms with Gasteiger partial charge in [0.25, 0.3) is 0 Å². The van der Waals surface area contributed by atoms with E-state index in [-0.39, 0.29) is 23.9 Å². The summed E-state index contributed by atoms with van der Waals surface area (Å²) < 4.78 is 0. The lowest BCUT2D eigenvalue weighted by Crippen LogP contribution is -2.58. The summed E-state index contributed by atoms with van der Waals surface area (Å²) in [7, 11) is 2.12. The smallest absolute Gasteiger partial charge is 0.314 e. The van der Waals surface area contributed by atoms with Crippen LogP contribution in [-0.2, 0) is 0 Å². The molecule has 7 nitrogen and oxygen atoms in total. The van der Waals surface area contributed by atoms with Crippen molar-refractivity contribution in [1.29, 1.82) is 0 Å². The summed E-state index contributed by atoms with van der Waals surface area (Å²) in [6.07, 6.45) is -0.808. The van der Waals surface area contributed by atoms with Crippen molar-refractivity contribution >= 4 is 6.03 Å². The molecule has 140 valence electrons. The summed E-state index contributed by atoms with van der Waals surface area (Å²) in [5.41, 5.74) is 0.532. The highest BCUT2D eigenvalue weighted by Crippen LogP contribution is 2.17. The number of nitrogens with zero attached hydrogens (tertiary/aromatic N) is 2. The number of piperazine rings is 1. The topological polar surface area (TPSA) is 88.1 Å². The first-order valence-electron chi connectivity index (χ1n) is 8.70. The van der Waals surface area contributed by atoms with Gasteiger partial charge in [0.05, 0.1) is 6.10 Å². The zero-order valence-corrected chi connectivity index (χ0v) is 15.3. The number of likely N-dealkylation sites (N-methyl/N-ethyl adjacent to an activating group) is 1. The van der Waals surface area contributed by atoms with Gasteiger partial charge >= 0.3 is 6.03 Å². The summed E-state index contributed by atoms with van der Waals surface area (Å²) in [6.45, 7) is 8.97. The van der Waals surface area contributed by atoms with Crippen LogP contribution in [0.2, 0.25) is 0 Å². The third-order valence-corrected chi connectivity index (χ3v) is 4.77. The number of phenols is 1. The van der Waals surface area contributed by atoms with Crippen molar-refractivity contribution in [2.45, 2.75) is 25.5 Å². The first-order chi connectivity index (χ1) is 11.8. The SMILES string of the molecule is CN1CCN(C(C)(C)CNC(=O)NC[C@@H](O)c2ccc(O)cc2)CC1. The van der Waals surface area contributed by atoms with Crippen LogP contribution in [0.1, 0.15) is 25.5 Å². The lowest BCUT2D eigenvalue weighted by Gasteiger charge is -2.43. The second-order valence-corrected chi connectivity index (χ2v) is 7.27. The van der Waals surface area contributed by atoms with Gasteiger partial charge in [0.1, 0.15) is 5.75 Å². The zero-order valence-electron chi connectivity index (χ0n) is 15.3. The largest absolute Gasteiger partial charge is 0.508 e. The van der Waals surface area contributed by atoms with Crippen molar-refractivity contribution in [1.82, 2.24) is 20.4 Å². The first-order valence-corrected chi connectivity index (χ1v) is 8.70. The van der Waals surface area contributed by atoms with Crippen molar-refractivity contribution in [2.24, 2.45) is 0 Å². The summed E-state index contributed by atoms with van der Waals surface area (Å²) >= 11 is 0. The number of phenolic OH excluding ortho intramolecular Hbond substituents is 1. The Bertz CT molecular complexity index is 554. The van der Waals surface area contributed by atoms with Crippen molar-refractivity contribution in [3.8, 4) is 5.75 Å². The number of rotatable bonds is 6. The number of aliphatic hydroxyl groups is 1. The van der Waals surface area contributed by atoms with Crippen LogP contribution in [0.15, 0.2) is 24.3 Å². The second-order valence-electron chi connectivity index (χ2n) is 7.27. The molecule has 1 aliphatic rings. The number of benzene rings is 1. The van der Waals surface area contributed by atoms with Gasteiger partial charge in [-0.2, -0.15) is 0 Å². The first kappa shape index (κ1) is 19.5. The van der Waals surface area contributed by atoms with E-state index in [1.54, 1.807) is 12.1 Å². The summed E-state index contributed by atoms with van der Waals surface area (Å²) in [6, 6.07) is 6.00. The molecule has 0 saturated carbocycles. The third kappa shape index (κ3) is 5.88. The Morgan fingerprint density at radius 3 is 2.36 bits per heavy atom. The molecule has 0 bridgehead atoms. The van der Waals surface area contributed by atoms with Crippen LogP contribution in [0.3, 0.4) is 0 Å². The number of carbonyl (C=O) groups excluding carboxylic acids is 1. The predicted molar refractivity (Wildman–Crippen MR) is 97.6 cm³/mol. The predicted octanol–water partition coefficient (Wildman–Crippen LogP) is 0.751. The monoisotopic (exact) mass is 350 g/mol. The Morgan fingerprint density at radius 2 is 1.76 bits per heavy atom. The van der Waals surface area contributed by atoms with Crippen molar-refractivity contribution in [2.75, 3.05) is 46.3 Å². The fraction of sp³-hybridized carbons (Fsp3) is 0.611. The quantitative estimate of drug-likeness (QED) is 0.608. The van der Waals surface area contributed by atoms with Gasteiger partial charge in [-0.1, -0.05) is 12.1 Å². The number of amides is 2. The van der Waals surface area contributed by atoms with E-state index >= 15 is 0 Å². The average molecular weight is 350 g/mol. The molecule has 1 aromatic rings. The van der Waals surface area contributed by atoms with Gasteiger partial charge in [-0.25, -0.2) is 4.79 Å². The van der Waals surface area contributed by atoms with Gasteiger partial charge in [-0.15, -0.1) is 0 Å². The summed E-state index contributed by atoms with van der Waals surface area (Å²) in [5, 5.41) is 24.9. The molecule has 1 atom stereocenters. The Hall–Kier alpha value is -1.83. The van der Waals surface area contributed by atoms with Crippen LogP contribution < -0.4 is 10.6 Å². The lowest BCUT2D eigenvalue weighted by molar-refractivity contribution is 0.0632. The number of carbonyl (C=O) groups is 1. The normalized spacial score (nSPS) is 17.9. The van der Waals surface area contributed by atoms with Crippen LogP contribution in [0.4, 0.5) is 4.79 Å². The van der Waals surface area contributed by atoms with E-state index < -0.39 is 6.10 Å². The number of hydrogen-bond acceptors (Lipinski definition) is 5. The second kappa shape index (κ2) is 8.51. The van der Waals surface area contributed by atoms with Gasteiger partial charge in [0, 0.05) is 44.8 Å². The number of aliphatic hydroxyl groups excluding tert-OH is 1. The number of nitrogens with one attached hydrogen (secondary N) is 2. The molecule has 0 radical (unpaired) electrons. The van der Waals surface area contributed by atoms with Gasteiger partial charge in [-0.05, 0) is 38.6 Å². The molecule has 25 heavy (non-hydrogen) atoms. The Balaban J connectivity index is 1.73. The maximum atomic E-state index is 12.0. The number of hydrogen-bond donors (Lipinski definition) is 4. The third-order valence-electron chi connectivity index (χ3n) is 4.77. The van der Waals surface area contributed by atoms with E-state index in [0.717, 1.165) is 26.2 Å². The Morgan fingerprint density at radius 1 is 1.16 bits per heavy atom. The molecule has 1 aliphatic heterocycles. The molecule has 0 spiro atoms. The maximum Gasteiger partial charge on any atom is 0.314 e. The number of aromatic hydroxyl groups is 1. The van der Waals surface area contributed by atoms with E-state index in [9.17, 15) is 15.0 Å². The standard InChI is InChI=1S/C18H30N4O3/c1-18(2,22-10-8-21(3)9-11-22)13-20-17(25)19-12-16(24)14-4-6-15(23)7-5-14/h4-7,16,23-24H,8-13H2,1-3H3,(H2,19,20,25)/t16-/m1/s1. The fourth-order valence-corrected chi connectivity index (χ4v) is 2.89. The lowest BCUT2D eigenvalue weighted by atomic mass is 10.0. The zero-order chi connectivity index (χ0) is 18.4. The molecule has 1 fully saturated rings. The van der Waals surface area contributed by atoms with Crippen LogP contribution in [-0.4, -0.2) is 77.9 Å². The minimum absolute atomic E-state index is 0.117. The van der Waals surface area contributed by atoms with Gasteiger partial charge < -0.3 is 25.7 Å². The van der Waals surface area contributed by atoms with Gasteiger partial charge in [-0.3, -0.25) is 4.90 Å². The molecule has 1 saturated heterocycles. The highest BCUT2D eigenvalue weighted by atomic mass is 16.3. The van der Waals surface area contributed by atoms with E-state index in [0.29, 0.717) is 12.1 Å². The van der Waals surface area contributed by atoms with E-state index in [1.807, 2.05) is 0 Å². The van der Waals surface area contributed by atoms with Crippen LogP contribution in [0, 0.1) is 0 Å². The molecule has 4 N–H and O–H groups in total. The van der Waals surface area contributed by atoms with Crippen LogP contribution in [0.25, 0.3) is 0 Å². The molecule has 0 aliphatic carbocycles. The molecular weight excluding hydrogens is 320 g/mol. The molecule has 1 heterocycles. The van der Waals surface area contributed by atoms with Crippen LogP contribution in [0.5, 0.6) is 5.75 Å². The Kier molecular flexibility index (Phi) is 6.64. The molecule has 2 rings (SSSR count). The van der Waals surface area contributed by atoms with Crippen LogP contribution >= 0.6 is 0 Å². The van der Waals surface area contributed by atoms with Crippen molar-refractivity contribution < 1.29 is 15.0 Å². The molecule has 0 unspecified atom stereocenters. The summed E-state index contributed by atoms with van der Waals surface area (Å²) in [5.74, 6) is 0.146. The Labute approximate surface area is 149 Å². The highest BCUT2D eigenvalue weighted by molar-refractivity contribution is 5.73. The van der Waals surface area contributed by atoms with E-state index in [2.05, 4.69) is 41.3 Å². The summed E-state index contributed by atoms with van der Waals surface area (Å²) in [4.78, 5) is 16.7. The van der Waals surface area contributed by atoms with Gasteiger partial charge in [0.2, 0.25) is 0 Å².